The van der Waals surface area contributed by atoms with Gasteiger partial charge in [0.15, 0.2) is 0 Å². The van der Waals surface area contributed by atoms with E-state index in [1.807, 2.05) is 12.1 Å². The highest BCUT2D eigenvalue weighted by atomic mass is 35.5. The molecule has 1 atom stereocenters. The fraction of sp³-hybridized carbons (Fsp3) is 0.385. The maximum Gasteiger partial charge on any atom is 0.243 e. The van der Waals surface area contributed by atoms with Crippen LogP contribution < -0.4 is 5.73 Å². The molecule has 0 unspecified atom stereocenters. The standard InChI is InChI=1S/C13H16ClN3O/c1-8(2)7-11(15)13-16-12(17-18-13)9-3-5-10(14)6-4-9/h3-6,8,11H,7,15H2,1-2H3/t11-/m0/s1. The van der Waals surface area contributed by atoms with Crippen molar-refractivity contribution in [1.82, 2.24) is 10.1 Å². The molecule has 2 rings (SSSR count). The van der Waals surface area contributed by atoms with Gasteiger partial charge in [0.05, 0.1) is 6.04 Å². The minimum absolute atomic E-state index is 0.210. The highest BCUT2D eigenvalue weighted by Crippen LogP contribution is 2.22. The number of hydrogen-bond donors (Lipinski definition) is 1. The third-order valence-electron chi connectivity index (χ3n) is 2.59. The minimum atomic E-state index is -0.210. The molecule has 0 radical (unpaired) electrons. The Bertz CT molecular complexity index is 507. The summed E-state index contributed by atoms with van der Waals surface area (Å²) in [5, 5.41) is 4.61. The number of halogens is 1. The van der Waals surface area contributed by atoms with Crippen LogP contribution in [0.15, 0.2) is 28.8 Å². The van der Waals surface area contributed by atoms with E-state index in [4.69, 9.17) is 21.9 Å². The van der Waals surface area contributed by atoms with Crippen LogP contribution in [0.25, 0.3) is 11.4 Å². The van der Waals surface area contributed by atoms with E-state index in [0.717, 1.165) is 12.0 Å². The van der Waals surface area contributed by atoms with E-state index in [1.54, 1.807) is 12.1 Å². The van der Waals surface area contributed by atoms with Gasteiger partial charge in [-0.15, -0.1) is 0 Å². The molecule has 0 amide bonds. The van der Waals surface area contributed by atoms with E-state index in [-0.39, 0.29) is 6.04 Å². The first kappa shape index (κ1) is 13.1. The van der Waals surface area contributed by atoms with Crippen molar-refractivity contribution >= 4 is 11.6 Å². The van der Waals surface area contributed by atoms with Crippen molar-refractivity contribution in [3.8, 4) is 11.4 Å². The lowest BCUT2D eigenvalue weighted by atomic mass is 10.0. The zero-order valence-electron chi connectivity index (χ0n) is 10.4. The van der Waals surface area contributed by atoms with Crippen molar-refractivity contribution in [2.24, 2.45) is 11.7 Å². The summed E-state index contributed by atoms with van der Waals surface area (Å²) < 4.78 is 5.19. The summed E-state index contributed by atoms with van der Waals surface area (Å²) >= 11 is 5.83. The molecule has 0 spiro atoms. The summed E-state index contributed by atoms with van der Waals surface area (Å²) in [6.45, 7) is 4.21. The summed E-state index contributed by atoms with van der Waals surface area (Å²) in [5.41, 5.74) is 6.86. The van der Waals surface area contributed by atoms with Crippen molar-refractivity contribution < 1.29 is 4.52 Å². The van der Waals surface area contributed by atoms with E-state index in [9.17, 15) is 0 Å². The Balaban J connectivity index is 2.17. The van der Waals surface area contributed by atoms with Gasteiger partial charge in [-0.1, -0.05) is 30.6 Å². The van der Waals surface area contributed by atoms with Crippen LogP contribution in [0.4, 0.5) is 0 Å². The van der Waals surface area contributed by atoms with Gasteiger partial charge in [-0.05, 0) is 36.6 Å². The van der Waals surface area contributed by atoms with Crippen LogP contribution in [-0.4, -0.2) is 10.1 Å². The van der Waals surface area contributed by atoms with E-state index >= 15 is 0 Å². The first-order valence-electron chi connectivity index (χ1n) is 5.91. The molecular formula is C13H16ClN3O. The lowest BCUT2D eigenvalue weighted by Crippen LogP contribution is -2.13. The second kappa shape index (κ2) is 5.50. The molecule has 4 nitrogen and oxygen atoms in total. The third kappa shape index (κ3) is 3.09. The highest BCUT2D eigenvalue weighted by molar-refractivity contribution is 6.30. The molecule has 1 aromatic carbocycles. The number of nitrogens with zero attached hydrogens (tertiary/aromatic N) is 2. The zero-order valence-corrected chi connectivity index (χ0v) is 11.2. The van der Waals surface area contributed by atoms with Gasteiger partial charge in [0.1, 0.15) is 0 Å². The maximum absolute atomic E-state index is 5.99. The fourth-order valence-corrected chi connectivity index (χ4v) is 1.84. The fourth-order valence-electron chi connectivity index (χ4n) is 1.71. The number of nitrogens with two attached hydrogens (primary N) is 1. The van der Waals surface area contributed by atoms with Crippen LogP contribution in [-0.2, 0) is 0 Å². The van der Waals surface area contributed by atoms with Crippen molar-refractivity contribution in [2.75, 3.05) is 0 Å². The molecule has 0 aliphatic carbocycles. The monoisotopic (exact) mass is 265 g/mol. The van der Waals surface area contributed by atoms with Crippen LogP contribution >= 0.6 is 11.6 Å². The first-order chi connectivity index (χ1) is 8.56. The lowest BCUT2D eigenvalue weighted by molar-refractivity contribution is 0.335. The van der Waals surface area contributed by atoms with Crippen LogP contribution in [0, 0.1) is 5.92 Å². The zero-order chi connectivity index (χ0) is 13.1. The maximum atomic E-state index is 5.99. The van der Waals surface area contributed by atoms with Crippen molar-refractivity contribution in [3.63, 3.8) is 0 Å². The lowest BCUT2D eigenvalue weighted by Gasteiger charge is -2.08. The highest BCUT2D eigenvalue weighted by Gasteiger charge is 2.16. The summed E-state index contributed by atoms with van der Waals surface area (Å²) in [6.07, 6.45) is 0.822. The van der Waals surface area contributed by atoms with Gasteiger partial charge >= 0.3 is 0 Å². The van der Waals surface area contributed by atoms with E-state index in [2.05, 4.69) is 24.0 Å². The van der Waals surface area contributed by atoms with Gasteiger partial charge in [-0.3, -0.25) is 0 Å². The molecule has 0 saturated carbocycles. The van der Waals surface area contributed by atoms with E-state index in [0.29, 0.717) is 22.7 Å². The largest absolute Gasteiger partial charge is 0.337 e. The van der Waals surface area contributed by atoms with Crippen LogP contribution in [0.2, 0.25) is 5.02 Å². The Morgan fingerprint density at radius 3 is 2.56 bits per heavy atom. The third-order valence-corrected chi connectivity index (χ3v) is 2.84. The predicted octanol–water partition coefficient (Wildman–Crippen LogP) is 3.44. The van der Waals surface area contributed by atoms with Crippen LogP contribution in [0.1, 0.15) is 32.2 Å². The summed E-state index contributed by atoms with van der Waals surface area (Å²) in [4.78, 5) is 4.32. The number of benzene rings is 1. The van der Waals surface area contributed by atoms with Crippen molar-refractivity contribution in [2.45, 2.75) is 26.3 Å². The SMILES string of the molecule is CC(C)C[C@H](N)c1nc(-c2ccc(Cl)cc2)no1. The molecule has 2 aromatic rings. The molecule has 2 N–H and O–H groups in total. The number of hydrogen-bond acceptors (Lipinski definition) is 4. The summed E-state index contributed by atoms with van der Waals surface area (Å²) in [6, 6.07) is 7.08. The van der Waals surface area contributed by atoms with E-state index in [1.165, 1.54) is 0 Å². The normalized spacial score (nSPS) is 12.9. The van der Waals surface area contributed by atoms with Gasteiger partial charge in [0.25, 0.3) is 0 Å². The molecule has 0 aliphatic heterocycles. The van der Waals surface area contributed by atoms with Gasteiger partial charge in [-0.2, -0.15) is 4.98 Å². The molecule has 0 aliphatic rings. The van der Waals surface area contributed by atoms with Gasteiger partial charge in [-0.25, -0.2) is 0 Å². The van der Waals surface area contributed by atoms with Crippen LogP contribution in [0.5, 0.6) is 0 Å². The molecule has 0 saturated heterocycles. The molecule has 1 heterocycles. The molecule has 18 heavy (non-hydrogen) atoms. The predicted molar refractivity (Wildman–Crippen MR) is 71.1 cm³/mol. The molecule has 1 aromatic heterocycles. The molecule has 0 bridgehead atoms. The van der Waals surface area contributed by atoms with Crippen LogP contribution in [0.3, 0.4) is 0 Å². The topological polar surface area (TPSA) is 64.9 Å². The Morgan fingerprint density at radius 1 is 1.28 bits per heavy atom. The van der Waals surface area contributed by atoms with Gasteiger partial charge < -0.3 is 10.3 Å². The average molecular weight is 266 g/mol. The quantitative estimate of drug-likeness (QED) is 0.920. The molecule has 96 valence electrons. The Morgan fingerprint density at radius 2 is 1.94 bits per heavy atom. The van der Waals surface area contributed by atoms with Gasteiger partial charge in [0, 0.05) is 10.6 Å². The van der Waals surface area contributed by atoms with E-state index < -0.39 is 0 Å². The first-order valence-corrected chi connectivity index (χ1v) is 6.29. The number of aromatic nitrogens is 2. The average Bonchev–Trinajstić information content (AvgIpc) is 2.78. The van der Waals surface area contributed by atoms with Crippen molar-refractivity contribution in [1.29, 1.82) is 0 Å². The Kier molecular flexibility index (Phi) is 3.99. The summed E-state index contributed by atoms with van der Waals surface area (Å²) in [7, 11) is 0. The molecular weight excluding hydrogens is 250 g/mol. The molecule has 5 heteroatoms. The summed E-state index contributed by atoms with van der Waals surface area (Å²) in [5.74, 6) is 1.51. The van der Waals surface area contributed by atoms with Gasteiger partial charge in [0.2, 0.25) is 11.7 Å². The Labute approximate surface area is 111 Å². The van der Waals surface area contributed by atoms with Crippen molar-refractivity contribution in [3.05, 3.63) is 35.2 Å². The second-order valence-corrected chi connectivity index (χ2v) is 5.14. The number of rotatable bonds is 4. The molecule has 0 fully saturated rings. The Hall–Kier alpha value is -1.39. The second-order valence-electron chi connectivity index (χ2n) is 4.70. The minimum Gasteiger partial charge on any atom is -0.337 e. The smallest absolute Gasteiger partial charge is 0.243 e.